The molecule has 1 atom stereocenters. The molecule has 26 heavy (non-hydrogen) atoms. The van der Waals surface area contributed by atoms with Crippen molar-refractivity contribution in [3.05, 3.63) is 29.6 Å². The smallest absolute Gasteiger partial charge is 0.193 e. The van der Waals surface area contributed by atoms with E-state index in [0.29, 0.717) is 32.3 Å². The van der Waals surface area contributed by atoms with Crippen molar-refractivity contribution in [3.63, 3.8) is 0 Å². The van der Waals surface area contributed by atoms with Crippen molar-refractivity contribution in [2.45, 2.75) is 19.9 Å². The van der Waals surface area contributed by atoms with Gasteiger partial charge in [-0.3, -0.25) is 4.99 Å². The molecule has 1 saturated heterocycles. The zero-order valence-corrected chi connectivity index (χ0v) is 16.0. The Morgan fingerprint density at radius 2 is 2.23 bits per heavy atom. The van der Waals surface area contributed by atoms with Crippen LogP contribution in [0.15, 0.2) is 23.2 Å². The highest BCUT2D eigenvalue weighted by Crippen LogP contribution is 2.19. The van der Waals surface area contributed by atoms with Crippen LogP contribution in [0.4, 0.5) is 4.39 Å². The average molecular weight is 367 g/mol. The van der Waals surface area contributed by atoms with Gasteiger partial charge < -0.3 is 24.4 Å². The van der Waals surface area contributed by atoms with Crippen LogP contribution in [0.3, 0.4) is 0 Å². The molecule has 2 rings (SSSR count). The van der Waals surface area contributed by atoms with Gasteiger partial charge in [0.05, 0.1) is 26.4 Å². The Morgan fingerprint density at radius 3 is 2.92 bits per heavy atom. The van der Waals surface area contributed by atoms with E-state index in [2.05, 4.69) is 15.2 Å². The number of nitrogens with zero attached hydrogens (tertiary/aromatic N) is 2. The zero-order chi connectivity index (χ0) is 18.8. The van der Waals surface area contributed by atoms with Crippen molar-refractivity contribution in [3.8, 4) is 5.75 Å². The number of aliphatic imine (C=N–C) groups is 1. The number of hydrogen-bond acceptors (Lipinski definition) is 4. The molecule has 0 saturated carbocycles. The quantitative estimate of drug-likeness (QED) is 0.412. The topological polar surface area (TPSA) is 55.3 Å². The lowest BCUT2D eigenvalue weighted by molar-refractivity contribution is 0.0536. The Balaban J connectivity index is 1.80. The van der Waals surface area contributed by atoms with Crippen LogP contribution in [0.2, 0.25) is 0 Å². The average Bonchev–Trinajstić information content (AvgIpc) is 3.10. The molecule has 0 amide bonds. The maximum atomic E-state index is 14.0. The zero-order valence-electron chi connectivity index (χ0n) is 16.0. The molecule has 1 heterocycles. The van der Waals surface area contributed by atoms with Gasteiger partial charge in [0, 0.05) is 39.7 Å². The van der Waals surface area contributed by atoms with Crippen LogP contribution in [0.5, 0.6) is 5.75 Å². The summed E-state index contributed by atoms with van der Waals surface area (Å²) in [4.78, 5) is 6.57. The molecule has 6 nitrogen and oxygen atoms in total. The van der Waals surface area contributed by atoms with E-state index in [1.165, 1.54) is 6.07 Å². The van der Waals surface area contributed by atoms with Crippen molar-refractivity contribution in [1.29, 1.82) is 0 Å². The second kappa shape index (κ2) is 11.0. The predicted octanol–water partition coefficient (Wildman–Crippen LogP) is 2.28. The Hall–Kier alpha value is -1.86. The van der Waals surface area contributed by atoms with Gasteiger partial charge in [0.2, 0.25) is 0 Å². The van der Waals surface area contributed by atoms with Gasteiger partial charge >= 0.3 is 0 Å². The second-order valence-corrected chi connectivity index (χ2v) is 6.27. The van der Waals surface area contributed by atoms with Crippen molar-refractivity contribution < 1.29 is 18.6 Å². The highest BCUT2D eigenvalue weighted by molar-refractivity contribution is 5.80. The van der Waals surface area contributed by atoms with Crippen LogP contribution in [0.25, 0.3) is 0 Å². The summed E-state index contributed by atoms with van der Waals surface area (Å²) in [5.74, 6) is 1.28. The molecule has 1 aliphatic rings. The van der Waals surface area contributed by atoms with Crippen molar-refractivity contribution in [2.24, 2.45) is 10.9 Å². The maximum Gasteiger partial charge on any atom is 0.193 e. The van der Waals surface area contributed by atoms with E-state index in [1.807, 2.05) is 13.0 Å². The molecule has 7 heteroatoms. The predicted molar refractivity (Wildman–Crippen MR) is 100 cm³/mol. The van der Waals surface area contributed by atoms with E-state index in [-0.39, 0.29) is 11.6 Å². The molecular weight excluding hydrogens is 337 g/mol. The fourth-order valence-electron chi connectivity index (χ4n) is 2.99. The number of methoxy groups -OCH3 is 1. The summed E-state index contributed by atoms with van der Waals surface area (Å²) >= 11 is 0. The first-order valence-electron chi connectivity index (χ1n) is 9.11. The molecule has 1 aromatic carbocycles. The second-order valence-electron chi connectivity index (χ2n) is 6.27. The standard InChI is InChI=1S/C19H30FN3O3/c1-4-26-18-6-5-15(11-17(18)20)12-22-19(21-2)23-8-7-16(13-23)14-25-10-9-24-3/h5-6,11,16H,4,7-10,12-14H2,1-3H3,(H,21,22). The van der Waals surface area contributed by atoms with Gasteiger partial charge in [-0.2, -0.15) is 0 Å². The highest BCUT2D eigenvalue weighted by Gasteiger charge is 2.24. The van der Waals surface area contributed by atoms with E-state index >= 15 is 0 Å². The van der Waals surface area contributed by atoms with Gasteiger partial charge in [-0.25, -0.2) is 4.39 Å². The fourth-order valence-corrected chi connectivity index (χ4v) is 2.99. The number of likely N-dealkylation sites (tertiary alicyclic amines) is 1. The number of halogens is 1. The molecule has 1 aromatic rings. The number of benzene rings is 1. The van der Waals surface area contributed by atoms with Crippen molar-refractivity contribution in [1.82, 2.24) is 10.2 Å². The third-order valence-corrected chi connectivity index (χ3v) is 4.33. The minimum absolute atomic E-state index is 0.288. The summed E-state index contributed by atoms with van der Waals surface area (Å²) in [5.41, 5.74) is 0.853. The highest BCUT2D eigenvalue weighted by atomic mass is 19.1. The Morgan fingerprint density at radius 1 is 1.38 bits per heavy atom. The van der Waals surface area contributed by atoms with E-state index < -0.39 is 0 Å². The molecule has 0 aromatic heterocycles. The van der Waals surface area contributed by atoms with E-state index in [9.17, 15) is 4.39 Å². The van der Waals surface area contributed by atoms with Crippen LogP contribution in [0, 0.1) is 11.7 Å². The lowest BCUT2D eigenvalue weighted by Gasteiger charge is -2.22. The third-order valence-electron chi connectivity index (χ3n) is 4.33. The molecule has 146 valence electrons. The number of ether oxygens (including phenoxy) is 3. The van der Waals surface area contributed by atoms with Gasteiger partial charge in [-0.05, 0) is 31.0 Å². The monoisotopic (exact) mass is 367 g/mol. The van der Waals surface area contributed by atoms with E-state index in [1.54, 1.807) is 20.2 Å². The van der Waals surface area contributed by atoms with Gasteiger partial charge in [-0.1, -0.05) is 6.07 Å². The molecule has 1 unspecified atom stereocenters. The summed E-state index contributed by atoms with van der Waals surface area (Å²) in [6.07, 6.45) is 1.07. The van der Waals surface area contributed by atoms with Gasteiger partial charge in [0.25, 0.3) is 0 Å². The summed E-state index contributed by atoms with van der Waals surface area (Å²) in [6.45, 7) is 6.64. The number of guanidine groups is 1. The van der Waals surface area contributed by atoms with Crippen LogP contribution in [0.1, 0.15) is 18.9 Å². The normalized spacial score (nSPS) is 17.6. The number of hydrogen-bond donors (Lipinski definition) is 1. The SMILES string of the molecule is CCOc1ccc(CNC(=NC)N2CCC(COCCOC)C2)cc1F. The minimum Gasteiger partial charge on any atom is -0.491 e. The molecule has 0 aliphatic carbocycles. The van der Waals surface area contributed by atoms with Crippen LogP contribution in [-0.4, -0.2) is 64.5 Å². The summed E-state index contributed by atoms with van der Waals surface area (Å²) in [7, 11) is 3.44. The fraction of sp³-hybridized carbons (Fsp3) is 0.632. The number of nitrogens with one attached hydrogen (secondary N) is 1. The van der Waals surface area contributed by atoms with Crippen LogP contribution >= 0.6 is 0 Å². The number of rotatable bonds is 9. The molecular formula is C19H30FN3O3. The van der Waals surface area contributed by atoms with E-state index in [0.717, 1.165) is 37.6 Å². The van der Waals surface area contributed by atoms with Gasteiger partial charge in [0.1, 0.15) is 0 Å². The first kappa shape index (κ1) is 20.5. The van der Waals surface area contributed by atoms with Crippen molar-refractivity contribution in [2.75, 3.05) is 53.7 Å². The first-order chi connectivity index (χ1) is 12.7. The van der Waals surface area contributed by atoms with Gasteiger partial charge in [0.15, 0.2) is 17.5 Å². The maximum absolute atomic E-state index is 14.0. The Labute approximate surface area is 155 Å². The molecule has 1 aliphatic heterocycles. The minimum atomic E-state index is -0.337. The first-order valence-corrected chi connectivity index (χ1v) is 9.11. The van der Waals surface area contributed by atoms with Crippen LogP contribution in [-0.2, 0) is 16.0 Å². The van der Waals surface area contributed by atoms with Crippen LogP contribution < -0.4 is 10.1 Å². The summed E-state index contributed by atoms with van der Waals surface area (Å²) in [6, 6.07) is 5.04. The Kier molecular flexibility index (Phi) is 8.64. The lowest BCUT2D eigenvalue weighted by atomic mass is 10.1. The summed E-state index contributed by atoms with van der Waals surface area (Å²) in [5, 5.41) is 3.31. The van der Waals surface area contributed by atoms with Gasteiger partial charge in [-0.15, -0.1) is 0 Å². The molecule has 0 radical (unpaired) electrons. The molecule has 0 spiro atoms. The lowest BCUT2D eigenvalue weighted by Crippen LogP contribution is -2.39. The third kappa shape index (κ3) is 6.14. The molecule has 1 fully saturated rings. The molecule has 1 N–H and O–H groups in total. The van der Waals surface area contributed by atoms with Crippen molar-refractivity contribution >= 4 is 5.96 Å². The molecule has 0 bridgehead atoms. The summed E-state index contributed by atoms with van der Waals surface area (Å²) < 4.78 is 29.8. The largest absolute Gasteiger partial charge is 0.491 e. The Bertz CT molecular complexity index is 583. The van der Waals surface area contributed by atoms with E-state index in [4.69, 9.17) is 14.2 Å².